The van der Waals surface area contributed by atoms with Gasteiger partial charge in [-0.25, -0.2) is 0 Å². The van der Waals surface area contributed by atoms with E-state index in [1.165, 1.54) is 0 Å². The van der Waals surface area contributed by atoms with Gasteiger partial charge in [-0.15, -0.1) is 0 Å². The Kier molecular flexibility index (Phi) is 5.76. The predicted octanol–water partition coefficient (Wildman–Crippen LogP) is 3.26. The molecule has 0 saturated heterocycles. The Morgan fingerprint density at radius 1 is 0.968 bits per heavy atom. The summed E-state index contributed by atoms with van der Waals surface area (Å²) in [7, 11) is 0. The van der Waals surface area contributed by atoms with Crippen molar-refractivity contribution in [1.29, 1.82) is 5.26 Å². The lowest BCUT2D eigenvalue weighted by atomic mass is 10.0. The molecule has 0 aliphatic heterocycles. The molecule has 2 amide bonds. The molecule has 31 heavy (non-hydrogen) atoms. The minimum Gasteiger partial charge on any atom is -0.340 e. The van der Waals surface area contributed by atoms with E-state index in [4.69, 9.17) is 0 Å². The molecule has 1 heterocycles. The molecule has 3 aromatic rings. The van der Waals surface area contributed by atoms with Crippen molar-refractivity contribution in [2.24, 2.45) is 0 Å². The van der Waals surface area contributed by atoms with Gasteiger partial charge in [-0.1, -0.05) is 48.5 Å². The van der Waals surface area contributed by atoms with Crippen LogP contribution in [0.2, 0.25) is 0 Å². The molecule has 2 N–H and O–H groups in total. The molecule has 6 heteroatoms. The third-order valence-corrected chi connectivity index (χ3v) is 5.34. The van der Waals surface area contributed by atoms with Gasteiger partial charge in [0.25, 0.3) is 5.91 Å². The first kappa shape index (κ1) is 20.3. The molecule has 1 fully saturated rings. The Morgan fingerprint density at radius 3 is 2.26 bits per heavy atom. The van der Waals surface area contributed by atoms with E-state index >= 15 is 0 Å². The number of nitrogens with zero attached hydrogens (tertiary/aromatic N) is 2. The maximum atomic E-state index is 12.9. The van der Waals surface area contributed by atoms with Crippen molar-refractivity contribution in [2.75, 3.05) is 0 Å². The van der Waals surface area contributed by atoms with Crippen LogP contribution < -0.4 is 10.6 Å². The summed E-state index contributed by atoms with van der Waals surface area (Å²) in [4.78, 5) is 30.0. The molecule has 4 rings (SSSR count). The highest BCUT2D eigenvalue weighted by atomic mass is 16.2. The summed E-state index contributed by atoms with van der Waals surface area (Å²) in [5, 5.41) is 14.9. The fourth-order valence-electron chi connectivity index (χ4n) is 3.34. The summed E-state index contributed by atoms with van der Waals surface area (Å²) in [6.45, 7) is 0. The van der Waals surface area contributed by atoms with Gasteiger partial charge in [-0.05, 0) is 48.2 Å². The molecule has 0 unspecified atom stereocenters. The molecule has 1 aromatic heterocycles. The molecule has 6 nitrogen and oxygen atoms in total. The Labute approximate surface area is 180 Å². The minimum absolute atomic E-state index is 0.238. The quantitative estimate of drug-likeness (QED) is 0.625. The monoisotopic (exact) mass is 410 g/mol. The topological polar surface area (TPSA) is 94.9 Å². The maximum Gasteiger partial charge on any atom is 0.251 e. The van der Waals surface area contributed by atoms with Crippen LogP contribution in [-0.2, 0) is 11.2 Å². The molecular weight excluding hydrogens is 388 g/mol. The number of nitriles is 1. The molecule has 1 aliphatic carbocycles. The summed E-state index contributed by atoms with van der Waals surface area (Å²) in [6.07, 6.45) is 3.13. The van der Waals surface area contributed by atoms with Crippen molar-refractivity contribution in [3.8, 4) is 17.2 Å². The normalized spacial score (nSPS) is 14.7. The molecule has 1 aliphatic rings. The van der Waals surface area contributed by atoms with Crippen LogP contribution in [0.25, 0.3) is 11.1 Å². The second-order valence-corrected chi connectivity index (χ2v) is 7.68. The first-order valence-electron chi connectivity index (χ1n) is 10.2. The van der Waals surface area contributed by atoms with E-state index in [1.54, 1.807) is 30.5 Å². The lowest BCUT2D eigenvalue weighted by Gasteiger charge is -2.20. The van der Waals surface area contributed by atoms with E-state index in [2.05, 4.69) is 21.7 Å². The van der Waals surface area contributed by atoms with Crippen molar-refractivity contribution in [3.05, 3.63) is 90.3 Å². The van der Waals surface area contributed by atoms with E-state index < -0.39 is 11.6 Å². The van der Waals surface area contributed by atoms with Gasteiger partial charge in [-0.2, -0.15) is 5.26 Å². The predicted molar refractivity (Wildman–Crippen MR) is 117 cm³/mol. The second-order valence-electron chi connectivity index (χ2n) is 7.68. The van der Waals surface area contributed by atoms with Gasteiger partial charge in [0.2, 0.25) is 5.91 Å². The van der Waals surface area contributed by atoms with Crippen LogP contribution in [0.3, 0.4) is 0 Å². The number of rotatable bonds is 7. The van der Waals surface area contributed by atoms with E-state index in [-0.39, 0.29) is 18.2 Å². The number of amides is 2. The van der Waals surface area contributed by atoms with Gasteiger partial charge in [0.15, 0.2) is 0 Å². The number of carbonyl (C=O) groups is 2. The molecule has 0 radical (unpaired) electrons. The molecule has 154 valence electrons. The van der Waals surface area contributed by atoms with E-state index in [1.807, 2.05) is 48.5 Å². The number of pyridine rings is 1. The van der Waals surface area contributed by atoms with Gasteiger partial charge in [-0.3, -0.25) is 14.6 Å². The molecular formula is C25H22N4O2. The van der Waals surface area contributed by atoms with Gasteiger partial charge in [0.05, 0.1) is 6.07 Å². The highest BCUT2D eigenvalue weighted by molar-refractivity contribution is 5.98. The Bertz CT molecular complexity index is 1100. The molecule has 1 saturated carbocycles. The molecule has 0 spiro atoms. The Hall–Kier alpha value is -3.98. The average molecular weight is 410 g/mol. The van der Waals surface area contributed by atoms with Gasteiger partial charge in [0.1, 0.15) is 11.6 Å². The largest absolute Gasteiger partial charge is 0.340 e. The molecule has 2 aromatic carbocycles. The zero-order chi connectivity index (χ0) is 21.7. The first-order chi connectivity index (χ1) is 15.1. The van der Waals surface area contributed by atoms with Crippen molar-refractivity contribution in [3.63, 3.8) is 0 Å². The summed E-state index contributed by atoms with van der Waals surface area (Å²) < 4.78 is 0. The summed E-state index contributed by atoms with van der Waals surface area (Å²) >= 11 is 0. The van der Waals surface area contributed by atoms with Crippen LogP contribution in [0.15, 0.2) is 79.0 Å². The smallest absolute Gasteiger partial charge is 0.251 e. The van der Waals surface area contributed by atoms with Gasteiger partial charge < -0.3 is 10.6 Å². The molecule has 1 atom stereocenters. The number of carbonyl (C=O) groups excluding carboxylic acids is 2. The zero-order valence-electron chi connectivity index (χ0n) is 16.9. The third-order valence-electron chi connectivity index (χ3n) is 5.34. The van der Waals surface area contributed by atoms with Crippen molar-refractivity contribution < 1.29 is 9.59 Å². The first-order valence-corrected chi connectivity index (χ1v) is 10.2. The second kappa shape index (κ2) is 8.80. The average Bonchev–Trinajstić information content (AvgIpc) is 3.60. The highest BCUT2D eigenvalue weighted by Gasteiger charge is 2.45. The number of benzene rings is 2. The summed E-state index contributed by atoms with van der Waals surface area (Å²) in [5.74, 6) is -0.726. The van der Waals surface area contributed by atoms with Crippen molar-refractivity contribution in [2.45, 2.75) is 30.8 Å². The highest BCUT2D eigenvalue weighted by Crippen LogP contribution is 2.34. The molecule has 0 bridgehead atoms. The van der Waals surface area contributed by atoms with Gasteiger partial charge >= 0.3 is 0 Å². The van der Waals surface area contributed by atoms with Crippen LogP contribution in [0.5, 0.6) is 0 Å². The van der Waals surface area contributed by atoms with E-state index in [0.717, 1.165) is 11.1 Å². The van der Waals surface area contributed by atoms with Crippen LogP contribution >= 0.6 is 0 Å². The van der Waals surface area contributed by atoms with E-state index in [0.29, 0.717) is 24.1 Å². The third kappa shape index (κ3) is 4.96. The number of aromatic nitrogens is 1. The fraction of sp³-hybridized carbons (Fsp3) is 0.200. The lowest BCUT2D eigenvalue weighted by Crippen LogP contribution is -2.51. The van der Waals surface area contributed by atoms with Crippen LogP contribution in [0.4, 0.5) is 0 Å². The Balaban J connectivity index is 1.49. The number of nitrogens with one attached hydrogen (secondary N) is 2. The Morgan fingerprint density at radius 2 is 1.65 bits per heavy atom. The van der Waals surface area contributed by atoms with Crippen LogP contribution in [0.1, 0.15) is 28.9 Å². The van der Waals surface area contributed by atoms with Gasteiger partial charge in [0, 0.05) is 23.9 Å². The number of hydrogen-bond donors (Lipinski definition) is 2. The lowest BCUT2D eigenvalue weighted by molar-refractivity contribution is -0.123. The minimum atomic E-state index is -0.831. The van der Waals surface area contributed by atoms with E-state index in [9.17, 15) is 14.9 Å². The van der Waals surface area contributed by atoms with Crippen LogP contribution in [-0.4, -0.2) is 28.4 Å². The maximum absolute atomic E-state index is 12.9. The SMILES string of the molecule is N#CC1(NC(=O)[C@H](Cc2ccccn2)NC(=O)c2ccc(-c3ccccc3)cc2)CC1. The standard InChI is InChI=1S/C25H22N4O2/c26-17-25(13-14-25)29-24(31)22(16-21-8-4-5-15-27-21)28-23(30)20-11-9-19(10-12-20)18-6-2-1-3-7-18/h1-12,15,22H,13-14,16H2,(H,28,30)(H,29,31)/t22-/m0/s1. The summed E-state index contributed by atoms with van der Waals surface area (Å²) in [5.41, 5.74) is 2.41. The fourth-order valence-corrected chi connectivity index (χ4v) is 3.34. The zero-order valence-corrected chi connectivity index (χ0v) is 16.9. The summed E-state index contributed by atoms with van der Waals surface area (Å²) in [6, 6.07) is 23.9. The van der Waals surface area contributed by atoms with Crippen molar-refractivity contribution >= 4 is 11.8 Å². The number of hydrogen-bond acceptors (Lipinski definition) is 4. The van der Waals surface area contributed by atoms with Crippen LogP contribution in [0, 0.1) is 11.3 Å². The van der Waals surface area contributed by atoms with Crippen molar-refractivity contribution in [1.82, 2.24) is 15.6 Å².